The number of carbonyl (C=O) groups excluding carboxylic acids is 1. The molecule has 0 radical (unpaired) electrons. The molecule has 6 nitrogen and oxygen atoms in total. The van der Waals surface area contributed by atoms with Gasteiger partial charge < -0.3 is 24.9 Å². The van der Waals surface area contributed by atoms with Crippen molar-refractivity contribution in [2.75, 3.05) is 26.9 Å². The van der Waals surface area contributed by atoms with Gasteiger partial charge in [-0.15, -0.1) is 0 Å². The lowest BCUT2D eigenvalue weighted by Crippen LogP contribution is -2.47. The van der Waals surface area contributed by atoms with Crippen molar-refractivity contribution in [3.8, 4) is 5.75 Å². The summed E-state index contributed by atoms with van der Waals surface area (Å²) in [7, 11) is 1.61. The number of aliphatic hydroxyl groups is 1. The SMILES string of the molecule is COc1ccc2cc(C(=O)NCC(O)(c3ccccc3)C3CCOCC3)[nH]c2c1. The summed E-state index contributed by atoms with van der Waals surface area (Å²) in [5.41, 5.74) is 0.956. The highest BCUT2D eigenvalue weighted by Gasteiger charge is 2.39. The fourth-order valence-electron chi connectivity index (χ4n) is 4.05. The van der Waals surface area contributed by atoms with Gasteiger partial charge in [0.2, 0.25) is 0 Å². The zero-order valence-corrected chi connectivity index (χ0v) is 16.5. The molecule has 1 aliphatic rings. The second-order valence-electron chi connectivity index (χ2n) is 7.50. The van der Waals surface area contributed by atoms with Gasteiger partial charge in [0, 0.05) is 30.2 Å². The highest BCUT2D eigenvalue weighted by Crippen LogP contribution is 2.35. The molecule has 1 atom stereocenters. The number of nitrogens with one attached hydrogen (secondary N) is 2. The van der Waals surface area contributed by atoms with Crippen molar-refractivity contribution in [2.45, 2.75) is 18.4 Å². The van der Waals surface area contributed by atoms with Gasteiger partial charge in [0.1, 0.15) is 17.0 Å². The summed E-state index contributed by atoms with van der Waals surface area (Å²) >= 11 is 0. The lowest BCUT2D eigenvalue weighted by molar-refractivity contribution is -0.0680. The summed E-state index contributed by atoms with van der Waals surface area (Å²) in [6.07, 6.45) is 1.51. The standard InChI is InChI=1S/C23H26N2O4/c1-28-19-8-7-16-13-21(25-20(16)14-19)22(26)24-15-23(27,17-5-3-2-4-6-17)18-9-11-29-12-10-18/h2-8,13-14,18,25,27H,9-12,15H2,1H3,(H,24,26). The van der Waals surface area contributed by atoms with Crippen molar-refractivity contribution in [3.63, 3.8) is 0 Å². The van der Waals surface area contributed by atoms with Gasteiger partial charge in [-0.25, -0.2) is 0 Å². The van der Waals surface area contributed by atoms with Gasteiger partial charge in [0.15, 0.2) is 0 Å². The topological polar surface area (TPSA) is 83.6 Å². The Morgan fingerprint density at radius 1 is 1.21 bits per heavy atom. The minimum Gasteiger partial charge on any atom is -0.497 e. The van der Waals surface area contributed by atoms with E-state index in [1.165, 1.54) is 0 Å². The zero-order chi connectivity index (χ0) is 20.3. The van der Waals surface area contributed by atoms with E-state index < -0.39 is 5.60 Å². The Morgan fingerprint density at radius 3 is 2.69 bits per heavy atom. The molecule has 0 bridgehead atoms. The molecule has 6 heteroatoms. The van der Waals surface area contributed by atoms with E-state index in [9.17, 15) is 9.90 Å². The van der Waals surface area contributed by atoms with Crippen molar-refractivity contribution >= 4 is 16.8 Å². The number of benzene rings is 2. The highest BCUT2D eigenvalue weighted by molar-refractivity contribution is 5.98. The minimum atomic E-state index is -1.14. The summed E-state index contributed by atoms with van der Waals surface area (Å²) in [4.78, 5) is 16.0. The lowest BCUT2D eigenvalue weighted by atomic mass is 9.77. The number of aromatic amines is 1. The van der Waals surface area contributed by atoms with E-state index in [0.29, 0.717) is 18.9 Å². The quantitative estimate of drug-likeness (QED) is 0.599. The maximum Gasteiger partial charge on any atom is 0.267 e. The van der Waals surface area contributed by atoms with Gasteiger partial charge in [0.25, 0.3) is 5.91 Å². The number of aromatic nitrogens is 1. The van der Waals surface area contributed by atoms with Gasteiger partial charge in [-0.3, -0.25) is 4.79 Å². The number of hydrogen-bond donors (Lipinski definition) is 3. The third-order valence-corrected chi connectivity index (χ3v) is 5.76. The fraction of sp³-hybridized carbons (Fsp3) is 0.348. The van der Waals surface area contributed by atoms with Gasteiger partial charge in [-0.05, 0) is 42.5 Å². The van der Waals surface area contributed by atoms with Gasteiger partial charge in [-0.1, -0.05) is 30.3 Å². The molecular weight excluding hydrogens is 368 g/mol. The molecular formula is C23H26N2O4. The number of carbonyl (C=O) groups is 1. The molecule has 152 valence electrons. The Balaban J connectivity index is 1.54. The summed E-state index contributed by atoms with van der Waals surface area (Å²) in [6, 6.07) is 17.0. The van der Waals surface area contributed by atoms with Crippen LogP contribution in [0.15, 0.2) is 54.6 Å². The lowest BCUT2D eigenvalue weighted by Gasteiger charge is -2.39. The highest BCUT2D eigenvalue weighted by atomic mass is 16.5. The van der Waals surface area contributed by atoms with E-state index in [2.05, 4.69) is 10.3 Å². The Bertz CT molecular complexity index is 979. The molecule has 1 aliphatic heterocycles. The van der Waals surface area contributed by atoms with Crippen molar-refractivity contribution in [2.24, 2.45) is 5.92 Å². The first kappa shape index (κ1) is 19.5. The Kier molecular flexibility index (Phi) is 5.56. The molecule has 1 fully saturated rings. The molecule has 0 saturated carbocycles. The average molecular weight is 394 g/mol. The van der Waals surface area contributed by atoms with E-state index in [-0.39, 0.29) is 18.4 Å². The van der Waals surface area contributed by atoms with Gasteiger partial charge >= 0.3 is 0 Å². The molecule has 3 aromatic rings. The summed E-state index contributed by atoms with van der Waals surface area (Å²) in [5.74, 6) is 0.497. The van der Waals surface area contributed by atoms with Crippen LogP contribution in [0.2, 0.25) is 0 Å². The van der Waals surface area contributed by atoms with Crippen molar-refractivity contribution in [3.05, 3.63) is 65.9 Å². The number of ether oxygens (including phenoxy) is 2. The van der Waals surface area contributed by atoms with Gasteiger partial charge in [-0.2, -0.15) is 0 Å². The maximum absolute atomic E-state index is 12.8. The van der Waals surface area contributed by atoms with Crippen LogP contribution < -0.4 is 10.1 Å². The van der Waals surface area contributed by atoms with E-state index in [1.54, 1.807) is 13.2 Å². The smallest absolute Gasteiger partial charge is 0.267 e. The van der Waals surface area contributed by atoms with Crippen LogP contribution in [0, 0.1) is 5.92 Å². The number of H-pyrrole nitrogens is 1. The summed E-state index contributed by atoms with van der Waals surface area (Å²) in [5, 5.41) is 15.5. The molecule has 29 heavy (non-hydrogen) atoms. The Morgan fingerprint density at radius 2 is 1.97 bits per heavy atom. The van der Waals surface area contributed by atoms with Crippen LogP contribution in [0.1, 0.15) is 28.9 Å². The number of hydrogen-bond acceptors (Lipinski definition) is 4. The number of methoxy groups -OCH3 is 1. The first-order valence-electron chi connectivity index (χ1n) is 9.91. The molecule has 1 aromatic heterocycles. The van der Waals surface area contributed by atoms with E-state index in [4.69, 9.17) is 9.47 Å². The normalized spacial score (nSPS) is 17.0. The largest absolute Gasteiger partial charge is 0.497 e. The first-order chi connectivity index (χ1) is 14.1. The zero-order valence-electron chi connectivity index (χ0n) is 16.5. The minimum absolute atomic E-state index is 0.0194. The number of amides is 1. The molecule has 1 saturated heterocycles. The third-order valence-electron chi connectivity index (χ3n) is 5.76. The average Bonchev–Trinajstić information content (AvgIpc) is 3.22. The van der Waals surface area contributed by atoms with E-state index >= 15 is 0 Å². The molecule has 2 aromatic carbocycles. The Hall–Kier alpha value is -2.83. The molecule has 2 heterocycles. The molecule has 1 unspecified atom stereocenters. The van der Waals surface area contributed by atoms with Crippen LogP contribution in [0.25, 0.3) is 10.9 Å². The fourth-order valence-corrected chi connectivity index (χ4v) is 4.05. The van der Waals surface area contributed by atoms with Crippen LogP contribution in [0.3, 0.4) is 0 Å². The summed E-state index contributed by atoms with van der Waals surface area (Å²) in [6.45, 7) is 1.38. The number of rotatable bonds is 6. The second kappa shape index (κ2) is 8.27. The second-order valence-corrected chi connectivity index (χ2v) is 7.50. The predicted octanol–water partition coefficient (Wildman–Crippen LogP) is 3.22. The molecule has 3 N–H and O–H groups in total. The predicted molar refractivity (Wildman–Crippen MR) is 111 cm³/mol. The molecule has 1 amide bonds. The van der Waals surface area contributed by atoms with Crippen LogP contribution in [-0.4, -0.2) is 42.9 Å². The molecule has 4 rings (SSSR count). The van der Waals surface area contributed by atoms with Crippen LogP contribution in [-0.2, 0) is 10.3 Å². The first-order valence-corrected chi connectivity index (χ1v) is 9.91. The molecule has 0 spiro atoms. The van der Waals surface area contributed by atoms with Crippen LogP contribution in [0.4, 0.5) is 0 Å². The van der Waals surface area contributed by atoms with Crippen LogP contribution >= 0.6 is 0 Å². The number of fused-ring (bicyclic) bond motifs is 1. The Labute approximate surface area is 169 Å². The van der Waals surface area contributed by atoms with Gasteiger partial charge in [0.05, 0.1) is 13.7 Å². The van der Waals surface area contributed by atoms with Crippen molar-refractivity contribution in [1.29, 1.82) is 0 Å². The van der Waals surface area contributed by atoms with E-state index in [0.717, 1.165) is 35.1 Å². The van der Waals surface area contributed by atoms with Crippen molar-refractivity contribution < 1.29 is 19.4 Å². The monoisotopic (exact) mass is 394 g/mol. The van der Waals surface area contributed by atoms with Crippen molar-refractivity contribution in [1.82, 2.24) is 10.3 Å². The van der Waals surface area contributed by atoms with E-state index in [1.807, 2.05) is 48.5 Å². The third kappa shape index (κ3) is 3.99. The molecule has 0 aliphatic carbocycles. The summed E-state index contributed by atoms with van der Waals surface area (Å²) < 4.78 is 10.7. The van der Waals surface area contributed by atoms with Crippen LogP contribution in [0.5, 0.6) is 5.75 Å². The maximum atomic E-state index is 12.8.